The average Bonchev–Trinajstić information content (AvgIpc) is 2.18. The summed E-state index contributed by atoms with van der Waals surface area (Å²) >= 11 is 3.05. The molecular weight excluding hydrogens is 275 g/mol. The first-order valence-corrected chi connectivity index (χ1v) is 4.81. The summed E-state index contributed by atoms with van der Waals surface area (Å²) in [6.07, 6.45) is -2.65. The fourth-order valence-electron chi connectivity index (χ4n) is 0.937. The molecule has 0 atom stereocenters. The molecule has 0 saturated heterocycles. The largest absolute Gasteiger partial charge is 0.346 e. The van der Waals surface area contributed by atoms with Gasteiger partial charge < -0.3 is 5.32 Å². The van der Waals surface area contributed by atoms with Crippen molar-refractivity contribution in [2.24, 2.45) is 0 Å². The van der Waals surface area contributed by atoms with Gasteiger partial charge in [-0.25, -0.2) is 13.2 Å². The van der Waals surface area contributed by atoms with Gasteiger partial charge >= 0.3 is 0 Å². The van der Waals surface area contributed by atoms with Gasteiger partial charge in [0.1, 0.15) is 5.82 Å². The second-order valence-corrected chi connectivity index (χ2v) is 3.64. The number of carbonyl (C=O) groups is 1. The summed E-state index contributed by atoms with van der Waals surface area (Å²) in [5.74, 6) is -1.60. The molecule has 0 aliphatic heterocycles. The zero-order valence-corrected chi connectivity index (χ0v) is 9.02. The maximum absolute atomic E-state index is 13.1. The maximum atomic E-state index is 13.1. The van der Waals surface area contributed by atoms with Gasteiger partial charge in [0.05, 0.1) is 12.1 Å². The van der Waals surface area contributed by atoms with Crippen LogP contribution in [0.25, 0.3) is 0 Å². The van der Waals surface area contributed by atoms with Gasteiger partial charge in [0.2, 0.25) is 0 Å². The highest BCUT2D eigenvalue weighted by Gasteiger charge is 2.13. The van der Waals surface area contributed by atoms with E-state index in [1.54, 1.807) is 0 Å². The smallest absolute Gasteiger partial charge is 0.255 e. The van der Waals surface area contributed by atoms with Crippen LogP contribution in [0.5, 0.6) is 0 Å². The lowest BCUT2D eigenvalue weighted by Gasteiger charge is -2.05. The molecule has 0 saturated carbocycles. The lowest BCUT2D eigenvalue weighted by molar-refractivity contribution is 0.0887. The number of hydrogen-bond donors (Lipinski definition) is 1. The van der Waals surface area contributed by atoms with E-state index in [0.717, 1.165) is 6.07 Å². The van der Waals surface area contributed by atoms with Crippen LogP contribution in [0.4, 0.5) is 13.2 Å². The van der Waals surface area contributed by atoms with E-state index in [4.69, 9.17) is 0 Å². The molecule has 0 fully saturated rings. The van der Waals surface area contributed by atoms with Crippen molar-refractivity contribution in [2.45, 2.75) is 6.43 Å². The second kappa shape index (κ2) is 5.16. The number of rotatable bonds is 3. The topological polar surface area (TPSA) is 29.1 Å². The first-order valence-electron chi connectivity index (χ1n) is 4.02. The van der Waals surface area contributed by atoms with Gasteiger partial charge in [-0.05, 0) is 18.2 Å². The average molecular weight is 282 g/mol. The molecule has 0 spiro atoms. The van der Waals surface area contributed by atoms with Crippen molar-refractivity contribution in [3.63, 3.8) is 0 Å². The van der Waals surface area contributed by atoms with E-state index in [9.17, 15) is 18.0 Å². The van der Waals surface area contributed by atoms with Crippen molar-refractivity contribution in [3.05, 3.63) is 34.1 Å². The number of halogens is 4. The normalized spacial score (nSPS) is 10.5. The highest BCUT2D eigenvalue weighted by molar-refractivity contribution is 9.10. The molecule has 0 bridgehead atoms. The Morgan fingerprint density at radius 3 is 2.73 bits per heavy atom. The van der Waals surface area contributed by atoms with Crippen molar-refractivity contribution in [1.82, 2.24) is 5.32 Å². The van der Waals surface area contributed by atoms with Crippen LogP contribution < -0.4 is 5.32 Å². The summed E-state index contributed by atoms with van der Waals surface area (Å²) in [5.41, 5.74) is -0.259. The van der Waals surface area contributed by atoms with Crippen LogP contribution in [-0.4, -0.2) is 18.9 Å². The van der Waals surface area contributed by atoms with Crippen LogP contribution in [0, 0.1) is 5.82 Å². The standard InChI is InChI=1S/C9H7BrF3NO/c10-5-1-2-7(11)6(3-5)9(15)14-4-8(12)13/h1-3,8H,4H2,(H,14,15). The molecule has 1 N–H and O–H groups in total. The first-order chi connectivity index (χ1) is 7.00. The van der Waals surface area contributed by atoms with E-state index in [0.29, 0.717) is 4.47 Å². The van der Waals surface area contributed by atoms with E-state index in [1.807, 2.05) is 5.32 Å². The fraction of sp³-hybridized carbons (Fsp3) is 0.222. The van der Waals surface area contributed by atoms with Gasteiger partial charge in [-0.2, -0.15) is 0 Å². The van der Waals surface area contributed by atoms with Gasteiger partial charge in [0, 0.05) is 4.47 Å². The lowest BCUT2D eigenvalue weighted by atomic mass is 10.2. The van der Waals surface area contributed by atoms with Crippen molar-refractivity contribution in [3.8, 4) is 0 Å². The van der Waals surface area contributed by atoms with Crippen molar-refractivity contribution >= 4 is 21.8 Å². The Kier molecular flexibility index (Phi) is 4.14. The molecule has 6 heteroatoms. The number of nitrogens with one attached hydrogen (secondary N) is 1. The summed E-state index contributed by atoms with van der Waals surface area (Å²) in [6.45, 7) is -0.787. The van der Waals surface area contributed by atoms with Crippen LogP contribution in [0.2, 0.25) is 0 Å². The Bertz CT molecular complexity index is 370. The van der Waals surface area contributed by atoms with Gasteiger partial charge in [-0.3, -0.25) is 4.79 Å². The molecule has 0 aliphatic rings. The minimum Gasteiger partial charge on any atom is -0.346 e. The molecule has 15 heavy (non-hydrogen) atoms. The van der Waals surface area contributed by atoms with E-state index in [2.05, 4.69) is 15.9 Å². The summed E-state index contributed by atoms with van der Waals surface area (Å²) in [6, 6.07) is 3.73. The van der Waals surface area contributed by atoms with Gasteiger partial charge in [0.25, 0.3) is 12.3 Å². The highest BCUT2D eigenvalue weighted by atomic mass is 79.9. The summed E-state index contributed by atoms with van der Waals surface area (Å²) in [7, 11) is 0. The number of amides is 1. The van der Waals surface area contributed by atoms with E-state index >= 15 is 0 Å². The Morgan fingerprint density at radius 2 is 2.13 bits per heavy atom. The van der Waals surface area contributed by atoms with Crippen LogP contribution in [0.3, 0.4) is 0 Å². The first kappa shape index (κ1) is 12.0. The Morgan fingerprint density at radius 1 is 1.47 bits per heavy atom. The summed E-state index contributed by atoms with van der Waals surface area (Å²) in [4.78, 5) is 11.2. The molecule has 1 aromatic carbocycles. The van der Waals surface area contributed by atoms with Gasteiger partial charge in [-0.15, -0.1) is 0 Å². The molecular formula is C9H7BrF3NO. The highest BCUT2D eigenvalue weighted by Crippen LogP contribution is 2.15. The molecule has 2 nitrogen and oxygen atoms in total. The molecule has 82 valence electrons. The lowest BCUT2D eigenvalue weighted by Crippen LogP contribution is -2.29. The van der Waals surface area contributed by atoms with Crippen LogP contribution in [0.15, 0.2) is 22.7 Å². The van der Waals surface area contributed by atoms with Gasteiger partial charge in [0.15, 0.2) is 0 Å². The molecule has 0 aliphatic carbocycles. The van der Waals surface area contributed by atoms with Crippen molar-refractivity contribution < 1.29 is 18.0 Å². The van der Waals surface area contributed by atoms with Crippen molar-refractivity contribution in [1.29, 1.82) is 0 Å². The molecule has 1 amide bonds. The molecule has 0 aromatic heterocycles. The van der Waals surface area contributed by atoms with E-state index in [1.165, 1.54) is 12.1 Å². The molecule has 1 aromatic rings. The van der Waals surface area contributed by atoms with Crippen LogP contribution >= 0.6 is 15.9 Å². The monoisotopic (exact) mass is 281 g/mol. The molecule has 0 heterocycles. The number of benzene rings is 1. The molecule has 0 unspecified atom stereocenters. The van der Waals surface area contributed by atoms with Crippen molar-refractivity contribution in [2.75, 3.05) is 6.54 Å². The minimum atomic E-state index is -2.65. The quantitative estimate of drug-likeness (QED) is 0.907. The third kappa shape index (κ3) is 3.54. The fourth-order valence-corrected chi connectivity index (χ4v) is 1.30. The summed E-state index contributed by atoms with van der Waals surface area (Å²) in [5, 5.41) is 1.92. The number of alkyl halides is 2. The van der Waals surface area contributed by atoms with Crippen LogP contribution in [0.1, 0.15) is 10.4 Å². The Balaban J connectivity index is 2.77. The third-order valence-electron chi connectivity index (χ3n) is 1.59. The second-order valence-electron chi connectivity index (χ2n) is 2.73. The zero-order chi connectivity index (χ0) is 11.4. The minimum absolute atomic E-state index is 0.259. The van der Waals surface area contributed by atoms with Gasteiger partial charge in [-0.1, -0.05) is 15.9 Å². The van der Waals surface area contributed by atoms with E-state index < -0.39 is 24.7 Å². The third-order valence-corrected chi connectivity index (χ3v) is 2.08. The number of hydrogen-bond acceptors (Lipinski definition) is 1. The zero-order valence-electron chi connectivity index (χ0n) is 7.44. The Labute approximate surface area is 92.6 Å². The Hall–Kier alpha value is -1.04. The number of carbonyl (C=O) groups excluding carboxylic acids is 1. The molecule has 1 rings (SSSR count). The maximum Gasteiger partial charge on any atom is 0.255 e. The van der Waals surface area contributed by atoms with Crippen LogP contribution in [-0.2, 0) is 0 Å². The SMILES string of the molecule is O=C(NCC(F)F)c1cc(Br)ccc1F. The predicted octanol–water partition coefficient (Wildman–Crippen LogP) is 2.58. The molecule has 0 radical (unpaired) electrons. The predicted molar refractivity (Wildman–Crippen MR) is 52.4 cm³/mol. The van der Waals surface area contributed by atoms with E-state index in [-0.39, 0.29) is 5.56 Å². The summed E-state index contributed by atoms with van der Waals surface area (Å²) < 4.78 is 37.1.